The van der Waals surface area contributed by atoms with Gasteiger partial charge in [0.05, 0.1) is 11.3 Å². The Hall–Kier alpha value is -3.58. The van der Waals surface area contributed by atoms with Gasteiger partial charge in [0.2, 0.25) is 11.8 Å². The molecule has 0 radical (unpaired) electrons. The fraction of sp³-hybridized carbons (Fsp3) is 0.364. The number of thiol groups is 1. The van der Waals surface area contributed by atoms with Crippen molar-refractivity contribution >= 4 is 30.4 Å². The van der Waals surface area contributed by atoms with Gasteiger partial charge in [0.25, 0.3) is 0 Å². The summed E-state index contributed by atoms with van der Waals surface area (Å²) in [6.07, 6.45) is 1.80. The molecule has 40 heavy (non-hydrogen) atoms. The van der Waals surface area contributed by atoms with E-state index >= 15 is 0 Å². The van der Waals surface area contributed by atoms with Crippen molar-refractivity contribution in [3.63, 3.8) is 0 Å². The smallest absolute Gasteiger partial charge is 0.329 e. The summed E-state index contributed by atoms with van der Waals surface area (Å²) in [6.45, 7) is 3.84. The average molecular weight is 557 g/mol. The van der Waals surface area contributed by atoms with Crippen LogP contribution in [0.5, 0.6) is 0 Å². The topological polar surface area (TPSA) is 75.7 Å². The molecule has 1 N–H and O–H groups in total. The number of piperidine rings is 1. The van der Waals surface area contributed by atoms with Crippen molar-refractivity contribution in [2.45, 2.75) is 69.0 Å². The summed E-state index contributed by atoms with van der Waals surface area (Å²) in [5, 5.41) is 2.42. The van der Waals surface area contributed by atoms with Crippen LogP contribution in [0.4, 0.5) is 0 Å². The Morgan fingerprint density at radius 3 is 2.12 bits per heavy atom. The lowest BCUT2D eigenvalue weighted by atomic mass is 9.89. The summed E-state index contributed by atoms with van der Waals surface area (Å²) in [5.74, 6) is -0.960. The molecule has 0 saturated carbocycles. The van der Waals surface area contributed by atoms with Crippen LogP contribution in [0.15, 0.2) is 84.9 Å². The van der Waals surface area contributed by atoms with E-state index in [0.29, 0.717) is 12.8 Å². The van der Waals surface area contributed by atoms with Gasteiger partial charge in [-0.05, 0) is 47.4 Å². The predicted octanol–water partition coefficient (Wildman–Crippen LogP) is 5.44. The monoisotopic (exact) mass is 556 g/mol. The fourth-order valence-electron chi connectivity index (χ4n) is 5.83. The van der Waals surface area contributed by atoms with Crippen LogP contribution in [0.2, 0.25) is 0 Å². The highest BCUT2D eigenvalue weighted by atomic mass is 32.1. The van der Waals surface area contributed by atoms with Crippen LogP contribution in [0.1, 0.15) is 67.5 Å². The molecular formula is C33H36N2O4S. The molecule has 3 aromatic rings. The van der Waals surface area contributed by atoms with Crippen LogP contribution >= 0.6 is 12.6 Å². The maximum Gasteiger partial charge on any atom is 0.329 e. The number of esters is 1. The number of nitrogens with one attached hydrogen (secondary N) is 1. The quantitative estimate of drug-likeness (QED) is 0.300. The van der Waals surface area contributed by atoms with E-state index in [4.69, 9.17) is 4.74 Å². The second-order valence-corrected chi connectivity index (χ2v) is 11.6. The van der Waals surface area contributed by atoms with E-state index in [1.165, 1.54) is 0 Å². The summed E-state index contributed by atoms with van der Waals surface area (Å²) in [5.41, 5.74) is 3.76. The van der Waals surface area contributed by atoms with Gasteiger partial charge in [-0.15, -0.1) is 0 Å². The molecule has 5 rings (SSSR count). The van der Waals surface area contributed by atoms with Gasteiger partial charge in [-0.25, -0.2) is 4.79 Å². The predicted molar refractivity (Wildman–Crippen MR) is 158 cm³/mol. The lowest BCUT2D eigenvalue weighted by molar-refractivity contribution is -0.163. The van der Waals surface area contributed by atoms with E-state index in [2.05, 4.69) is 17.9 Å². The molecular weight excluding hydrogens is 520 g/mol. The van der Waals surface area contributed by atoms with Gasteiger partial charge in [0, 0.05) is 6.42 Å². The molecule has 1 saturated heterocycles. The number of carbonyl (C=O) groups excluding carboxylic acids is 3. The van der Waals surface area contributed by atoms with Crippen LogP contribution in [0, 0.1) is 5.92 Å². The summed E-state index contributed by atoms with van der Waals surface area (Å²) < 4.78 is 6.24. The normalized spacial score (nSPS) is 21.3. The number of hydrogen-bond donors (Lipinski definition) is 2. The first-order chi connectivity index (χ1) is 19.3. The molecule has 4 atom stereocenters. The van der Waals surface area contributed by atoms with Crippen molar-refractivity contribution in [3.05, 3.63) is 107 Å². The number of fused-ring (bicyclic) bond motifs is 3. The van der Waals surface area contributed by atoms with Gasteiger partial charge in [-0.1, -0.05) is 98.8 Å². The van der Waals surface area contributed by atoms with Gasteiger partial charge in [0.1, 0.15) is 12.1 Å². The number of nitrogens with zero attached hydrogens (tertiary/aromatic N) is 1. The Morgan fingerprint density at radius 2 is 1.50 bits per heavy atom. The first-order valence-electron chi connectivity index (χ1n) is 14.0. The number of ether oxygens (including phenoxy) is 1. The molecule has 7 heteroatoms. The zero-order valence-electron chi connectivity index (χ0n) is 22.9. The maximum absolute atomic E-state index is 14.2. The molecule has 2 amide bonds. The number of hydrogen-bond acceptors (Lipinski definition) is 5. The maximum atomic E-state index is 14.2. The standard InChI is InChI=1S/C33H36N2O4S/c1-21(2)30(40)31(36)34-26-20-24-16-9-10-17-25(24)27-18-11-19-28(35(27)32(26)37)33(38)39-29(22-12-5-3-6-13-22)23-14-7-4-8-15-23/h3-10,12-17,21,26-30,40H,11,18-20H2,1-2H3,(H,34,36)/t26-,27?,28-,30-/m0/s1. The van der Waals surface area contributed by atoms with Gasteiger partial charge < -0.3 is 15.0 Å². The molecule has 0 aliphatic carbocycles. The molecule has 2 heterocycles. The Kier molecular flexibility index (Phi) is 8.60. The molecule has 1 fully saturated rings. The van der Waals surface area contributed by atoms with Crippen LogP contribution in [0.3, 0.4) is 0 Å². The Labute approximate surface area is 241 Å². The molecule has 1 unspecified atom stereocenters. The van der Waals surface area contributed by atoms with Crippen molar-refractivity contribution in [2.75, 3.05) is 0 Å². The summed E-state index contributed by atoms with van der Waals surface area (Å²) in [4.78, 5) is 42.9. The first kappa shape index (κ1) is 28.0. The van der Waals surface area contributed by atoms with Crippen LogP contribution in [-0.2, 0) is 25.5 Å². The number of carbonyl (C=O) groups is 3. The average Bonchev–Trinajstić information content (AvgIpc) is 3.10. The Bertz CT molecular complexity index is 1310. The van der Waals surface area contributed by atoms with E-state index in [1.54, 1.807) is 4.90 Å². The molecule has 0 aromatic heterocycles. The minimum absolute atomic E-state index is 0.00914. The first-order valence-corrected chi connectivity index (χ1v) is 14.6. The van der Waals surface area contributed by atoms with Crippen molar-refractivity contribution < 1.29 is 19.1 Å². The highest BCUT2D eigenvalue weighted by Crippen LogP contribution is 2.40. The Balaban J connectivity index is 1.48. The number of rotatable bonds is 7. The third kappa shape index (κ3) is 5.80. The molecule has 208 valence electrons. The minimum atomic E-state index is -0.792. The van der Waals surface area contributed by atoms with E-state index in [0.717, 1.165) is 35.1 Å². The van der Waals surface area contributed by atoms with Crippen molar-refractivity contribution in [2.24, 2.45) is 5.92 Å². The van der Waals surface area contributed by atoms with E-state index < -0.39 is 29.4 Å². The SMILES string of the molecule is CC(C)[C@H](S)C(=O)N[C@H]1Cc2ccccc2C2CCC[C@@H](C(=O)OC(c3ccccc3)c3ccccc3)N2C1=O. The molecule has 0 bridgehead atoms. The summed E-state index contributed by atoms with van der Waals surface area (Å²) >= 11 is 4.47. The summed E-state index contributed by atoms with van der Waals surface area (Å²) in [6, 6.07) is 25.4. The molecule has 0 spiro atoms. The number of benzene rings is 3. The van der Waals surface area contributed by atoms with Crippen molar-refractivity contribution in [3.8, 4) is 0 Å². The largest absolute Gasteiger partial charge is 0.451 e. The highest BCUT2D eigenvalue weighted by Gasteiger charge is 2.45. The summed E-state index contributed by atoms with van der Waals surface area (Å²) in [7, 11) is 0. The van der Waals surface area contributed by atoms with Crippen molar-refractivity contribution in [1.29, 1.82) is 0 Å². The molecule has 2 aliphatic rings. The minimum Gasteiger partial charge on any atom is -0.451 e. The van der Waals surface area contributed by atoms with Crippen LogP contribution in [0.25, 0.3) is 0 Å². The number of amides is 2. The van der Waals surface area contributed by atoms with E-state index in [9.17, 15) is 14.4 Å². The third-order valence-electron chi connectivity index (χ3n) is 7.94. The molecule has 3 aromatic carbocycles. The van der Waals surface area contributed by atoms with E-state index in [-0.39, 0.29) is 23.8 Å². The molecule has 6 nitrogen and oxygen atoms in total. The van der Waals surface area contributed by atoms with Crippen LogP contribution in [-0.4, -0.2) is 40.0 Å². The van der Waals surface area contributed by atoms with E-state index in [1.807, 2.05) is 98.8 Å². The zero-order valence-corrected chi connectivity index (χ0v) is 23.8. The van der Waals surface area contributed by atoms with Gasteiger partial charge in [-0.2, -0.15) is 12.6 Å². The Morgan fingerprint density at radius 1 is 0.900 bits per heavy atom. The second-order valence-electron chi connectivity index (χ2n) is 11.0. The van der Waals surface area contributed by atoms with Gasteiger partial charge in [0.15, 0.2) is 6.10 Å². The van der Waals surface area contributed by atoms with Crippen molar-refractivity contribution in [1.82, 2.24) is 10.2 Å². The lowest BCUT2D eigenvalue weighted by Gasteiger charge is -2.41. The third-order valence-corrected chi connectivity index (χ3v) is 8.78. The fourth-order valence-corrected chi connectivity index (χ4v) is 5.90. The van der Waals surface area contributed by atoms with Gasteiger partial charge in [-0.3, -0.25) is 9.59 Å². The molecule has 2 aliphatic heterocycles. The second kappa shape index (κ2) is 12.3. The zero-order chi connectivity index (χ0) is 28.2. The lowest BCUT2D eigenvalue weighted by Crippen LogP contribution is -2.57. The van der Waals surface area contributed by atoms with Crippen LogP contribution < -0.4 is 5.32 Å². The highest BCUT2D eigenvalue weighted by molar-refractivity contribution is 7.81. The van der Waals surface area contributed by atoms with Gasteiger partial charge >= 0.3 is 5.97 Å².